The summed E-state index contributed by atoms with van der Waals surface area (Å²) >= 11 is 0. The van der Waals surface area contributed by atoms with Gasteiger partial charge in [-0.1, -0.05) is 36.9 Å². The largest absolute Gasteiger partial charge is 0.477 e. The quantitative estimate of drug-likeness (QED) is 0.779. The van der Waals surface area contributed by atoms with E-state index in [9.17, 15) is 9.59 Å². The van der Waals surface area contributed by atoms with Crippen LogP contribution in [0.3, 0.4) is 0 Å². The Kier molecular flexibility index (Phi) is 3.15. The van der Waals surface area contributed by atoms with Gasteiger partial charge in [-0.3, -0.25) is 0 Å². The van der Waals surface area contributed by atoms with Crippen molar-refractivity contribution in [2.45, 2.75) is 0 Å². The fourth-order valence-corrected chi connectivity index (χ4v) is 1.60. The highest BCUT2D eigenvalue weighted by Crippen LogP contribution is 2.19. The summed E-state index contributed by atoms with van der Waals surface area (Å²) in [6.07, 6.45) is 1.66. The maximum atomic E-state index is 10.9. The highest BCUT2D eigenvalue weighted by molar-refractivity contribution is 5.99. The van der Waals surface area contributed by atoms with Gasteiger partial charge in [0.1, 0.15) is 5.82 Å². The smallest absolute Gasteiger partial charge is 0.357 e. The van der Waals surface area contributed by atoms with Crippen LogP contribution in [0.2, 0.25) is 0 Å². The zero-order chi connectivity index (χ0) is 14.0. The Balaban J connectivity index is 2.50. The Morgan fingerprint density at radius 1 is 1.16 bits per heavy atom. The van der Waals surface area contributed by atoms with Crippen LogP contribution in [0.1, 0.15) is 26.5 Å². The lowest BCUT2D eigenvalue weighted by Crippen LogP contribution is -2.07. The second-order valence-corrected chi connectivity index (χ2v) is 3.75. The number of H-pyrrole nitrogens is 1. The first kappa shape index (κ1) is 12.6. The Morgan fingerprint density at radius 2 is 1.79 bits per heavy atom. The molecular weight excluding hydrogens is 248 g/mol. The number of rotatable bonds is 4. The van der Waals surface area contributed by atoms with E-state index in [2.05, 4.69) is 16.5 Å². The van der Waals surface area contributed by atoms with Gasteiger partial charge in [0.15, 0.2) is 11.4 Å². The summed E-state index contributed by atoms with van der Waals surface area (Å²) in [5.74, 6) is -2.55. The van der Waals surface area contributed by atoms with Crippen molar-refractivity contribution in [3.63, 3.8) is 0 Å². The van der Waals surface area contributed by atoms with Crippen molar-refractivity contribution in [1.29, 1.82) is 0 Å². The zero-order valence-corrected chi connectivity index (χ0v) is 9.75. The molecule has 2 rings (SSSR count). The molecule has 6 heteroatoms. The minimum Gasteiger partial charge on any atom is -0.477 e. The van der Waals surface area contributed by atoms with E-state index in [0.717, 1.165) is 5.56 Å². The van der Waals surface area contributed by atoms with E-state index in [-0.39, 0.29) is 5.82 Å². The number of aromatic nitrogens is 2. The van der Waals surface area contributed by atoms with Crippen molar-refractivity contribution < 1.29 is 19.8 Å². The minimum atomic E-state index is -1.39. The summed E-state index contributed by atoms with van der Waals surface area (Å²) < 4.78 is 0. The molecule has 0 atom stereocenters. The number of carbonyl (C=O) groups is 2. The number of carboxylic acids is 2. The molecule has 0 amide bonds. The first-order chi connectivity index (χ1) is 9.02. The van der Waals surface area contributed by atoms with Gasteiger partial charge in [0, 0.05) is 5.56 Å². The van der Waals surface area contributed by atoms with E-state index in [0.29, 0.717) is 5.56 Å². The van der Waals surface area contributed by atoms with Crippen LogP contribution >= 0.6 is 0 Å². The molecule has 2 aromatic rings. The molecule has 3 N–H and O–H groups in total. The second kappa shape index (κ2) is 4.77. The molecule has 96 valence electrons. The molecule has 0 radical (unpaired) electrons. The van der Waals surface area contributed by atoms with E-state index >= 15 is 0 Å². The number of nitrogens with zero attached hydrogens (tertiary/aromatic N) is 1. The van der Waals surface area contributed by atoms with E-state index < -0.39 is 23.3 Å². The maximum absolute atomic E-state index is 10.9. The van der Waals surface area contributed by atoms with Crippen molar-refractivity contribution in [3.05, 3.63) is 47.8 Å². The van der Waals surface area contributed by atoms with Gasteiger partial charge in [0.2, 0.25) is 0 Å². The standard InChI is InChI=1S/C13H10N2O4/c1-2-7-3-5-8(6-4-7)11-14-9(12(16)17)10(15-11)13(18)19/h2-6H,1H2,(H,14,15)(H,16,17)(H,18,19). The first-order valence-corrected chi connectivity index (χ1v) is 5.32. The van der Waals surface area contributed by atoms with E-state index in [1.807, 2.05) is 0 Å². The fraction of sp³-hybridized carbons (Fsp3) is 0. The van der Waals surface area contributed by atoms with Gasteiger partial charge in [-0.2, -0.15) is 0 Å². The average Bonchev–Trinajstić information content (AvgIpc) is 2.84. The number of aromatic amines is 1. The number of hydrogen-bond donors (Lipinski definition) is 3. The number of aromatic carboxylic acids is 2. The van der Waals surface area contributed by atoms with Crippen LogP contribution in [0.5, 0.6) is 0 Å². The van der Waals surface area contributed by atoms with E-state index in [1.165, 1.54) is 0 Å². The van der Waals surface area contributed by atoms with Crippen LogP contribution in [0, 0.1) is 0 Å². The van der Waals surface area contributed by atoms with Crippen LogP contribution < -0.4 is 0 Å². The molecule has 0 saturated carbocycles. The zero-order valence-electron chi connectivity index (χ0n) is 9.75. The number of nitrogens with one attached hydrogen (secondary N) is 1. The highest BCUT2D eigenvalue weighted by Gasteiger charge is 2.22. The Morgan fingerprint density at radius 3 is 2.21 bits per heavy atom. The third-order valence-corrected chi connectivity index (χ3v) is 2.54. The Hall–Kier alpha value is -2.89. The molecule has 19 heavy (non-hydrogen) atoms. The lowest BCUT2D eigenvalue weighted by Gasteiger charge is -1.97. The Labute approximate surface area is 108 Å². The number of imidazole rings is 1. The molecule has 1 aromatic heterocycles. The third-order valence-electron chi connectivity index (χ3n) is 2.54. The molecule has 1 heterocycles. The molecule has 1 aromatic carbocycles. The number of hydrogen-bond acceptors (Lipinski definition) is 3. The molecule has 0 fully saturated rings. The molecule has 0 spiro atoms. The lowest BCUT2D eigenvalue weighted by molar-refractivity contribution is 0.0644. The van der Waals surface area contributed by atoms with Gasteiger partial charge in [-0.05, 0) is 5.56 Å². The fourth-order valence-electron chi connectivity index (χ4n) is 1.60. The lowest BCUT2D eigenvalue weighted by atomic mass is 10.1. The van der Waals surface area contributed by atoms with Crippen molar-refractivity contribution in [1.82, 2.24) is 9.97 Å². The summed E-state index contributed by atoms with van der Waals surface area (Å²) in [7, 11) is 0. The summed E-state index contributed by atoms with van der Waals surface area (Å²) in [4.78, 5) is 28.1. The first-order valence-electron chi connectivity index (χ1n) is 5.32. The predicted molar refractivity (Wildman–Crippen MR) is 68.0 cm³/mol. The third kappa shape index (κ3) is 2.37. The molecule has 0 aliphatic heterocycles. The summed E-state index contributed by atoms with van der Waals surface area (Å²) in [5.41, 5.74) is 0.554. The normalized spacial score (nSPS) is 10.1. The molecule has 0 saturated heterocycles. The van der Waals surface area contributed by atoms with E-state index in [4.69, 9.17) is 10.2 Å². The monoisotopic (exact) mass is 258 g/mol. The van der Waals surface area contributed by atoms with Gasteiger partial charge in [-0.25, -0.2) is 14.6 Å². The van der Waals surface area contributed by atoms with Crippen LogP contribution in [-0.2, 0) is 0 Å². The highest BCUT2D eigenvalue weighted by atomic mass is 16.4. The molecule has 6 nitrogen and oxygen atoms in total. The van der Waals surface area contributed by atoms with Gasteiger partial charge in [-0.15, -0.1) is 0 Å². The van der Waals surface area contributed by atoms with Crippen molar-refractivity contribution in [2.75, 3.05) is 0 Å². The number of carboxylic acid groups (broad SMARTS) is 2. The summed E-state index contributed by atoms with van der Waals surface area (Å²) in [6, 6.07) is 6.94. The van der Waals surface area contributed by atoms with Gasteiger partial charge >= 0.3 is 11.9 Å². The molecule has 0 unspecified atom stereocenters. The van der Waals surface area contributed by atoms with E-state index in [1.54, 1.807) is 30.3 Å². The number of benzene rings is 1. The Bertz CT molecular complexity index is 624. The molecule has 0 aliphatic rings. The second-order valence-electron chi connectivity index (χ2n) is 3.75. The van der Waals surface area contributed by atoms with Gasteiger partial charge < -0.3 is 15.2 Å². The van der Waals surface area contributed by atoms with Crippen LogP contribution in [0.15, 0.2) is 30.8 Å². The van der Waals surface area contributed by atoms with Crippen LogP contribution in [-0.4, -0.2) is 32.1 Å². The topological polar surface area (TPSA) is 103 Å². The van der Waals surface area contributed by atoms with Crippen LogP contribution in [0.25, 0.3) is 17.5 Å². The van der Waals surface area contributed by atoms with Crippen molar-refractivity contribution in [3.8, 4) is 11.4 Å². The molecule has 0 bridgehead atoms. The van der Waals surface area contributed by atoms with Crippen LogP contribution in [0.4, 0.5) is 0 Å². The van der Waals surface area contributed by atoms with Gasteiger partial charge in [0.25, 0.3) is 0 Å². The molecule has 0 aliphatic carbocycles. The maximum Gasteiger partial charge on any atom is 0.357 e. The SMILES string of the molecule is C=Cc1ccc(-c2nc(C(=O)O)c(C(=O)O)[nH]2)cc1. The summed E-state index contributed by atoms with van der Waals surface area (Å²) in [5, 5.41) is 17.8. The van der Waals surface area contributed by atoms with Crippen molar-refractivity contribution >= 4 is 18.0 Å². The average molecular weight is 258 g/mol. The summed E-state index contributed by atoms with van der Waals surface area (Å²) in [6.45, 7) is 3.62. The molecular formula is C13H10N2O4. The van der Waals surface area contributed by atoms with Crippen molar-refractivity contribution in [2.24, 2.45) is 0 Å². The van der Waals surface area contributed by atoms with Gasteiger partial charge in [0.05, 0.1) is 0 Å². The minimum absolute atomic E-state index is 0.199. The predicted octanol–water partition coefficient (Wildman–Crippen LogP) is 2.12.